The molecule has 0 bridgehead atoms. The summed E-state index contributed by atoms with van der Waals surface area (Å²) >= 11 is 5.20. The molecule has 0 fully saturated rings. The van der Waals surface area contributed by atoms with Crippen LogP contribution in [0.1, 0.15) is 12.5 Å². The molecule has 32 heavy (non-hydrogen) atoms. The van der Waals surface area contributed by atoms with Gasteiger partial charge in [0.25, 0.3) is 0 Å². The monoisotopic (exact) mass is 467 g/mol. The number of rotatable bonds is 6. The molecule has 3 heterocycles. The van der Waals surface area contributed by atoms with E-state index in [-0.39, 0.29) is 0 Å². The fourth-order valence-corrected chi connectivity index (χ4v) is 3.92. The zero-order chi connectivity index (χ0) is 22.7. The zero-order valence-corrected chi connectivity index (χ0v) is 19.1. The molecule has 9 nitrogen and oxygen atoms in total. The predicted octanol–water partition coefficient (Wildman–Crippen LogP) is 2.65. The molecule has 164 valence electrons. The second-order valence-electron chi connectivity index (χ2n) is 7.12. The van der Waals surface area contributed by atoms with Crippen molar-refractivity contribution in [3.8, 4) is 11.3 Å². The highest BCUT2D eigenvalue weighted by molar-refractivity contribution is 7.90. The van der Waals surface area contributed by atoms with Crippen LogP contribution in [0, 0.1) is 0 Å². The van der Waals surface area contributed by atoms with E-state index >= 15 is 0 Å². The van der Waals surface area contributed by atoms with Gasteiger partial charge in [0.1, 0.15) is 11.3 Å². The third-order valence-corrected chi connectivity index (χ3v) is 5.99. The molecule has 4 aromatic rings. The van der Waals surface area contributed by atoms with Gasteiger partial charge in [-0.15, -0.1) is 0 Å². The normalized spacial score (nSPS) is 11.4. The predicted molar refractivity (Wildman–Crippen MR) is 127 cm³/mol. The molecule has 0 spiro atoms. The summed E-state index contributed by atoms with van der Waals surface area (Å²) in [5, 5.41) is 10.9. The number of anilines is 1. The summed E-state index contributed by atoms with van der Waals surface area (Å²) in [6, 6.07) is 10.4. The highest BCUT2D eigenvalue weighted by Gasteiger charge is 2.10. The van der Waals surface area contributed by atoms with E-state index in [9.17, 15) is 8.42 Å². The Hall–Kier alpha value is -3.44. The van der Waals surface area contributed by atoms with Gasteiger partial charge in [-0.05, 0) is 49.0 Å². The molecule has 4 rings (SSSR count). The van der Waals surface area contributed by atoms with Gasteiger partial charge < -0.3 is 10.6 Å². The third-order valence-electron chi connectivity index (χ3n) is 4.61. The quantitative estimate of drug-likeness (QED) is 0.413. The summed E-state index contributed by atoms with van der Waals surface area (Å²) in [6.07, 6.45) is 6.45. The van der Waals surface area contributed by atoms with Crippen LogP contribution in [-0.2, 0) is 16.4 Å². The van der Waals surface area contributed by atoms with Crippen molar-refractivity contribution in [1.82, 2.24) is 30.0 Å². The molecule has 0 saturated carbocycles. The molecule has 0 atom stereocenters. The van der Waals surface area contributed by atoms with E-state index in [0.717, 1.165) is 17.7 Å². The number of benzene rings is 1. The first-order valence-corrected chi connectivity index (χ1v) is 12.1. The van der Waals surface area contributed by atoms with Crippen LogP contribution in [0.3, 0.4) is 0 Å². The number of nitrogens with zero attached hydrogens (tertiary/aromatic N) is 5. The van der Waals surface area contributed by atoms with Gasteiger partial charge in [0.15, 0.2) is 20.6 Å². The smallest absolute Gasteiger partial charge is 0.180 e. The summed E-state index contributed by atoms with van der Waals surface area (Å²) in [5.74, 6) is 0.586. The van der Waals surface area contributed by atoms with Gasteiger partial charge in [-0.3, -0.25) is 9.67 Å². The first-order valence-electron chi connectivity index (χ1n) is 9.82. The standard InChI is InChI=1S/C21H21N7O2S2/c1-3-22-21(31)27-19-9-8-17-20(26-19)25-18(11-23-17)15-10-24-28(13-15)12-14-4-6-16(7-5-14)32(2,29)30/h4-11,13H,3,12H2,1-2H3,(H2,22,25,26,27,31). The molecule has 0 radical (unpaired) electrons. The Morgan fingerprint density at radius 2 is 1.88 bits per heavy atom. The maximum atomic E-state index is 11.6. The first-order chi connectivity index (χ1) is 15.3. The number of pyridine rings is 1. The lowest BCUT2D eigenvalue weighted by atomic mass is 10.2. The minimum absolute atomic E-state index is 0.293. The average Bonchev–Trinajstić information content (AvgIpc) is 3.21. The SMILES string of the molecule is CCNC(=S)Nc1ccc2ncc(-c3cnn(Cc4ccc(S(C)(=O)=O)cc4)c3)nc2n1. The van der Waals surface area contributed by atoms with Crippen LogP contribution < -0.4 is 10.6 Å². The topological polar surface area (TPSA) is 115 Å². The first kappa shape index (κ1) is 21.8. The van der Waals surface area contributed by atoms with E-state index in [2.05, 4.69) is 30.7 Å². The molecule has 2 N–H and O–H groups in total. The van der Waals surface area contributed by atoms with Crippen LogP contribution in [0.2, 0.25) is 0 Å². The van der Waals surface area contributed by atoms with Gasteiger partial charge in [-0.1, -0.05) is 12.1 Å². The van der Waals surface area contributed by atoms with Crippen LogP contribution in [-0.4, -0.2) is 51.1 Å². The summed E-state index contributed by atoms with van der Waals surface area (Å²) in [5.41, 5.74) is 3.55. The van der Waals surface area contributed by atoms with Crippen LogP contribution >= 0.6 is 12.2 Å². The Balaban J connectivity index is 1.53. The Bertz CT molecular complexity index is 1380. The van der Waals surface area contributed by atoms with Crippen LogP contribution in [0.25, 0.3) is 22.4 Å². The summed E-state index contributed by atoms with van der Waals surface area (Å²) in [7, 11) is -3.21. The fraction of sp³-hybridized carbons (Fsp3) is 0.190. The highest BCUT2D eigenvalue weighted by Crippen LogP contribution is 2.20. The van der Waals surface area contributed by atoms with Crippen molar-refractivity contribution in [2.75, 3.05) is 18.1 Å². The second kappa shape index (κ2) is 8.97. The van der Waals surface area contributed by atoms with Gasteiger partial charge in [-0.25, -0.2) is 18.4 Å². The van der Waals surface area contributed by atoms with Gasteiger partial charge in [0.05, 0.1) is 29.5 Å². The Morgan fingerprint density at radius 1 is 1.09 bits per heavy atom. The van der Waals surface area contributed by atoms with E-state index in [1.54, 1.807) is 47.4 Å². The van der Waals surface area contributed by atoms with Crippen LogP contribution in [0.5, 0.6) is 0 Å². The maximum absolute atomic E-state index is 11.6. The van der Waals surface area contributed by atoms with Crippen molar-refractivity contribution in [2.24, 2.45) is 0 Å². The minimum atomic E-state index is -3.21. The molecule has 0 amide bonds. The Morgan fingerprint density at radius 3 is 2.59 bits per heavy atom. The summed E-state index contributed by atoms with van der Waals surface area (Å²) in [6.45, 7) is 3.18. The van der Waals surface area contributed by atoms with Gasteiger partial charge in [0.2, 0.25) is 0 Å². The third kappa shape index (κ3) is 5.06. The molecule has 11 heteroatoms. The molecule has 0 aliphatic carbocycles. The average molecular weight is 468 g/mol. The Labute approximate surface area is 190 Å². The number of aromatic nitrogens is 5. The molecule has 0 unspecified atom stereocenters. The highest BCUT2D eigenvalue weighted by atomic mass is 32.2. The number of sulfone groups is 1. The maximum Gasteiger partial charge on any atom is 0.180 e. The number of thiocarbonyl (C=S) groups is 1. The van der Waals surface area contributed by atoms with Crippen LogP contribution in [0.15, 0.2) is 59.9 Å². The number of fused-ring (bicyclic) bond motifs is 1. The van der Waals surface area contributed by atoms with Gasteiger partial charge in [-0.2, -0.15) is 5.10 Å². The molecule has 1 aromatic carbocycles. The lowest BCUT2D eigenvalue weighted by Crippen LogP contribution is -2.28. The number of hydrogen-bond acceptors (Lipinski definition) is 7. The largest absolute Gasteiger partial charge is 0.363 e. The molecule has 0 aliphatic heterocycles. The Kier molecular flexibility index (Phi) is 6.10. The summed E-state index contributed by atoms with van der Waals surface area (Å²) in [4.78, 5) is 13.9. The molecule has 0 aliphatic rings. The fourth-order valence-electron chi connectivity index (χ4n) is 3.04. The van der Waals surface area contributed by atoms with Crippen molar-refractivity contribution in [2.45, 2.75) is 18.4 Å². The van der Waals surface area contributed by atoms with Gasteiger partial charge in [0, 0.05) is 24.6 Å². The lowest BCUT2D eigenvalue weighted by molar-refractivity contribution is 0.602. The van der Waals surface area contributed by atoms with Crippen molar-refractivity contribution in [3.63, 3.8) is 0 Å². The summed E-state index contributed by atoms with van der Waals surface area (Å²) < 4.78 is 25.0. The zero-order valence-electron chi connectivity index (χ0n) is 17.5. The van der Waals surface area contributed by atoms with E-state index in [0.29, 0.717) is 39.2 Å². The van der Waals surface area contributed by atoms with E-state index in [1.807, 2.05) is 19.2 Å². The van der Waals surface area contributed by atoms with E-state index in [4.69, 9.17) is 12.2 Å². The van der Waals surface area contributed by atoms with Crippen LogP contribution in [0.4, 0.5) is 5.82 Å². The van der Waals surface area contributed by atoms with Gasteiger partial charge >= 0.3 is 0 Å². The molecular weight excluding hydrogens is 446 g/mol. The van der Waals surface area contributed by atoms with Crippen molar-refractivity contribution in [3.05, 3.63) is 60.6 Å². The molecule has 0 saturated heterocycles. The second-order valence-corrected chi connectivity index (χ2v) is 9.55. The molecule has 3 aromatic heterocycles. The number of nitrogens with one attached hydrogen (secondary N) is 2. The van der Waals surface area contributed by atoms with Crippen molar-refractivity contribution >= 4 is 44.1 Å². The minimum Gasteiger partial charge on any atom is -0.363 e. The number of hydrogen-bond donors (Lipinski definition) is 2. The van der Waals surface area contributed by atoms with E-state index in [1.165, 1.54) is 6.26 Å². The van der Waals surface area contributed by atoms with E-state index < -0.39 is 9.84 Å². The molecular formula is C21H21N7O2S2. The lowest BCUT2D eigenvalue weighted by Gasteiger charge is -2.08. The van der Waals surface area contributed by atoms with Crippen molar-refractivity contribution < 1.29 is 8.42 Å². The van der Waals surface area contributed by atoms with Crippen molar-refractivity contribution in [1.29, 1.82) is 0 Å².